The molecule has 0 saturated carbocycles. The highest BCUT2D eigenvalue weighted by Gasteiger charge is 2.18. The Morgan fingerprint density at radius 1 is 1.56 bits per heavy atom. The van der Waals surface area contributed by atoms with Crippen LogP contribution < -0.4 is 0 Å². The number of rotatable bonds is 4. The zero-order chi connectivity index (χ0) is 13.1. The van der Waals surface area contributed by atoms with E-state index in [1.807, 2.05) is 0 Å². The number of hydrogen-bond acceptors (Lipinski definition) is 4. The average molecular weight is 249 g/mol. The molecule has 0 unspecified atom stereocenters. The third-order valence-corrected chi connectivity index (χ3v) is 2.35. The van der Waals surface area contributed by atoms with Crippen molar-refractivity contribution >= 4 is 11.9 Å². The Kier molecular flexibility index (Phi) is 3.13. The van der Waals surface area contributed by atoms with Crippen LogP contribution in [-0.2, 0) is 6.54 Å². The highest BCUT2D eigenvalue weighted by atomic mass is 16.4. The second-order valence-electron chi connectivity index (χ2n) is 3.70. The van der Waals surface area contributed by atoms with Crippen molar-refractivity contribution in [2.75, 3.05) is 7.05 Å². The van der Waals surface area contributed by atoms with Gasteiger partial charge in [0.2, 0.25) is 0 Å². The summed E-state index contributed by atoms with van der Waals surface area (Å²) in [5, 5.41) is 8.73. The van der Waals surface area contributed by atoms with Gasteiger partial charge in [-0.15, -0.1) is 0 Å². The van der Waals surface area contributed by atoms with Gasteiger partial charge in [-0.05, 0) is 0 Å². The molecule has 1 amide bonds. The minimum absolute atomic E-state index is 0.0125. The van der Waals surface area contributed by atoms with E-state index in [2.05, 4.69) is 9.97 Å². The number of aromatic carboxylic acids is 1. The van der Waals surface area contributed by atoms with E-state index in [0.29, 0.717) is 5.82 Å². The van der Waals surface area contributed by atoms with Gasteiger partial charge in [0.25, 0.3) is 5.91 Å². The van der Waals surface area contributed by atoms with Gasteiger partial charge in [-0.2, -0.15) is 0 Å². The topological polar surface area (TPSA) is 99.4 Å². The molecule has 0 aliphatic carbocycles. The molecule has 94 valence electrons. The summed E-state index contributed by atoms with van der Waals surface area (Å²) in [4.78, 5) is 30.8. The molecule has 7 heteroatoms. The van der Waals surface area contributed by atoms with Gasteiger partial charge in [-0.3, -0.25) is 4.79 Å². The molecular weight excluding hydrogens is 238 g/mol. The summed E-state index contributed by atoms with van der Waals surface area (Å²) in [6.45, 7) is 0.287. The molecule has 0 bridgehead atoms. The Bertz CT molecular complexity index is 559. The maximum absolute atomic E-state index is 11.9. The molecular formula is C11H11N3O4. The smallest absolute Gasteiger partial charge is 0.338 e. The highest BCUT2D eigenvalue weighted by Crippen LogP contribution is 2.11. The van der Waals surface area contributed by atoms with E-state index in [4.69, 9.17) is 9.52 Å². The number of imidazole rings is 1. The lowest BCUT2D eigenvalue weighted by Crippen LogP contribution is -2.26. The molecule has 2 aromatic rings. The summed E-state index contributed by atoms with van der Waals surface area (Å²) >= 11 is 0. The van der Waals surface area contributed by atoms with Crippen molar-refractivity contribution in [1.82, 2.24) is 14.9 Å². The number of nitrogens with one attached hydrogen (secondary N) is 1. The molecule has 0 spiro atoms. The second kappa shape index (κ2) is 4.74. The Hall–Kier alpha value is -2.57. The van der Waals surface area contributed by atoms with E-state index >= 15 is 0 Å². The van der Waals surface area contributed by atoms with Gasteiger partial charge in [-0.25, -0.2) is 9.78 Å². The molecule has 0 radical (unpaired) electrons. The van der Waals surface area contributed by atoms with Crippen LogP contribution in [0.25, 0.3) is 0 Å². The van der Waals surface area contributed by atoms with E-state index in [-0.39, 0.29) is 17.9 Å². The number of furan rings is 1. The summed E-state index contributed by atoms with van der Waals surface area (Å²) < 4.78 is 4.93. The number of carbonyl (C=O) groups excluding carboxylic acids is 1. The van der Waals surface area contributed by atoms with Crippen molar-refractivity contribution in [3.63, 3.8) is 0 Å². The number of aromatic amines is 1. The minimum atomic E-state index is -1.13. The fourth-order valence-corrected chi connectivity index (χ4v) is 1.43. The zero-order valence-electron chi connectivity index (χ0n) is 9.58. The lowest BCUT2D eigenvalue weighted by atomic mass is 10.3. The Labute approximate surface area is 102 Å². The van der Waals surface area contributed by atoms with Gasteiger partial charge in [0, 0.05) is 25.5 Å². The molecule has 0 saturated heterocycles. The van der Waals surface area contributed by atoms with Crippen molar-refractivity contribution in [2.24, 2.45) is 0 Å². The van der Waals surface area contributed by atoms with Crippen LogP contribution in [0.4, 0.5) is 0 Å². The van der Waals surface area contributed by atoms with E-state index in [1.165, 1.54) is 11.0 Å². The Balaban J connectivity index is 2.08. The Morgan fingerprint density at radius 2 is 2.33 bits per heavy atom. The largest absolute Gasteiger partial charge is 0.478 e. The molecule has 2 aromatic heterocycles. The lowest BCUT2D eigenvalue weighted by Gasteiger charge is -2.13. The second-order valence-corrected chi connectivity index (χ2v) is 3.70. The van der Waals surface area contributed by atoms with E-state index in [1.54, 1.807) is 19.4 Å². The zero-order valence-corrected chi connectivity index (χ0v) is 9.58. The predicted octanol–water partition coefficient (Wildman–Crippen LogP) is 0.973. The number of aromatic nitrogens is 2. The monoisotopic (exact) mass is 249 g/mol. The summed E-state index contributed by atoms with van der Waals surface area (Å²) in [5.74, 6) is -0.914. The first-order valence-electron chi connectivity index (χ1n) is 5.13. The van der Waals surface area contributed by atoms with Crippen LogP contribution >= 0.6 is 0 Å². The molecule has 0 aliphatic rings. The fourth-order valence-electron chi connectivity index (χ4n) is 1.43. The van der Waals surface area contributed by atoms with Crippen LogP contribution in [0.1, 0.15) is 26.7 Å². The molecule has 7 nitrogen and oxygen atoms in total. The average Bonchev–Trinajstić information content (AvgIpc) is 2.98. The number of carboxylic acids is 1. The molecule has 18 heavy (non-hydrogen) atoms. The molecule has 2 N–H and O–H groups in total. The van der Waals surface area contributed by atoms with Crippen LogP contribution in [0.2, 0.25) is 0 Å². The summed E-state index contributed by atoms with van der Waals surface area (Å²) in [6.07, 6.45) is 4.28. The van der Waals surface area contributed by atoms with Crippen molar-refractivity contribution in [1.29, 1.82) is 0 Å². The van der Waals surface area contributed by atoms with E-state index in [9.17, 15) is 9.59 Å². The quantitative estimate of drug-likeness (QED) is 0.841. The van der Waals surface area contributed by atoms with Gasteiger partial charge < -0.3 is 19.4 Å². The van der Waals surface area contributed by atoms with Gasteiger partial charge in [0.15, 0.2) is 5.76 Å². The number of H-pyrrole nitrogens is 1. The van der Waals surface area contributed by atoms with Crippen LogP contribution in [0.15, 0.2) is 29.1 Å². The van der Waals surface area contributed by atoms with Crippen molar-refractivity contribution < 1.29 is 19.1 Å². The number of carboxylic acid groups (broad SMARTS) is 1. The van der Waals surface area contributed by atoms with Crippen molar-refractivity contribution in [3.05, 3.63) is 41.9 Å². The van der Waals surface area contributed by atoms with Gasteiger partial charge in [0.1, 0.15) is 12.1 Å². The highest BCUT2D eigenvalue weighted by molar-refractivity contribution is 5.95. The first kappa shape index (κ1) is 11.9. The third-order valence-electron chi connectivity index (χ3n) is 2.35. The van der Waals surface area contributed by atoms with Crippen LogP contribution in [-0.4, -0.2) is 38.9 Å². The van der Waals surface area contributed by atoms with Gasteiger partial charge in [0.05, 0.1) is 12.1 Å². The maximum Gasteiger partial charge on any atom is 0.338 e. The summed E-state index contributed by atoms with van der Waals surface area (Å²) in [7, 11) is 1.58. The van der Waals surface area contributed by atoms with Crippen molar-refractivity contribution in [2.45, 2.75) is 6.54 Å². The fraction of sp³-hybridized carbons (Fsp3) is 0.182. The lowest BCUT2D eigenvalue weighted by molar-refractivity contribution is 0.0695. The van der Waals surface area contributed by atoms with Gasteiger partial charge in [-0.1, -0.05) is 0 Å². The number of amides is 1. The molecule has 2 rings (SSSR count). The van der Waals surface area contributed by atoms with Crippen LogP contribution in [0, 0.1) is 0 Å². The first-order chi connectivity index (χ1) is 8.58. The SMILES string of the molecule is CN(Cc1ncc[nH]1)C(=O)c1cc(C(=O)O)co1. The molecule has 0 aliphatic heterocycles. The molecule has 0 fully saturated rings. The number of nitrogens with zero attached hydrogens (tertiary/aromatic N) is 2. The van der Waals surface area contributed by atoms with Crippen LogP contribution in [0.5, 0.6) is 0 Å². The standard InChI is InChI=1S/C11H11N3O4/c1-14(5-9-12-2-3-13-9)10(15)8-4-7(6-18-8)11(16)17/h2-4,6H,5H2,1H3,(H,12,13)(H,16,17). The predicted molar refractivity (Wildman–Crippen MR) is 60.1 cm³/mol. The number of hydrogen-bond donors (Lipinski definition) is 2. The molecule has 2 heterocycles. The minimum Gasteiger partial charge on any atom is -0.478 e. The summed E-state index contributed by atoms with van der Waals surface area (Å²) in [6, 6.07) is 1.20. The normalized spacial score (nSPS) is 10.3. The number of carbonyl (C=O) groups is 2. The van der Waals surface area contributed by atoms with E-state index < -0.39 is 11.9 Å². The van der Waals surface area contributed by atoms with Crippen molar-refractivity contribution in [3.8, 4) is 0 Å². The molecule has 0 aromatic carbocycles. The first-order valence-corrected chi connectivity index (χ1v) is 5.13. The third kappa shape index (κ3) is 2.40. The Morgan fingerprint density at radius 3 is 2.89 bits per heavy atom. The van der Waals surface area contributed by atoms with Crippen LogP contribution in [0.3, 0.4) is 0 Å². The van der Waals surface area contributed by atoms with Gasteiger partial charge >= 0.3 is 5.97 Å². The van der Waals surface area contributed by atoms with E-state index in [0.717, 1.165) is 6.26 Å². The summed E-state index contributed by atoms with van der Waals surface area (Å²) in [5.41, 5.74) is -0.0512. The molecule has 0 atom stereocenters. The maximum atomic E-state index is 11.9.